The van der Waals surface area contributed by atoms with Gasteiger partial charge >= 0.3 is 5.97 Å². The maximum absolute atomic E-state index is 12.7. The zero-order valence-corrected chi connectivity index (χ0v) is 18.1. The van der Waals surface area contributed by atoms with Gasteiger partial charge in [-0.25, -0.2) is 13.2 Å². The Hall–Kier alpha value is -3.43. The summed E-state index contributed by atoms with van der Waals surface area (Å²) in [6.07, 6.45) is 3.80. The molecule has 2 aromatic carbocycles. The highest BCUT2D eigenvalue weighted by molar-refractivity contribution is 7.89. The van der Waals surface area contributed by atoms with E-state index in [0.29, 0.717) is 5.56 Å². The van der Waals surface area contributed by atoms with Gasteiger partial charge in [0, 0.05) is 44.3 Å². The summed E-state index contributed by atoms with van der Waals surface area (Å²) in [5.41, 5.74) is 1.26. The number of benzene rings is 2. The minimum absolute atomic E-state index is 0.192. The summed E-state index contributed by atoms with van der Waals surface area (Å²) < 4.78 is 33.8. The molecule has 8 nitrogen and oxygen atoms in total. The summed E-state index contributed by atoms with van der Waals surface area (Å²) >= 11 is 0. The number of sulfonamides is 1. The van der Waals surface area contributed by atoms with Gasteiger partial charge in [-0.1, -0.05) is 18.2 Å². The quantitative estimate of drug-likeness (QED) is 0.534. The second-order valence-electron chi connectivity index (χ2n) is 7.31. The molecule has 0 aliphatic carbocycles. The molecular formula is C23H23N3O5S. The first-order valence-corrected chi connectivity index (χ1v) is 11.6. The van der Waals surface area contributed by atoms with Crippen molar-refractivity contribution in [1.29, 1.82) is 0 Å². The number of ether oxygens (including phenoxy) is 1. The van der Waals surface area contributed by atoms with Crippen LogP contribution in [0.15, 0.2) is 84.0 Å². The van der Waals surface area contributed by atoms with Gasteiger partial charge in [0.05, 0.1) is 10.5 Å². The fourth-order valence-corrected chi connectivity index (χ4v) is 4.94. The number of carbonyl (C=O) groups excluding carboxylic acids is 2. The molecule has 0 spiro atoms. The molecule has 2 heterocycles. The molecule has 1 saturated heterocycles. The van der Waals surface area contributed by atoms with E-state index in [1.807, 2.05) is 29.1 Å². The van der Waals surface area contributed by atoms with Crippen LogP contribution in [-0.4, -0.2) is 66.9 Å². The number of esters is 1. The number of hydrogen-bond acceptors (Lipinski definition) is 5. The third-order valence-corrected chi connectivity index (χ3v) is 7.22. The molecule has 0 radical (unpaired) electrons. The largest absolute Gasteiger partial charge is 0.452 e. The molecular weight excluding hydrogens is 430 g/mol. The number of amides is 1. The summed E-state index contributed by atoms with van der Waals surface area (Å²) in [4.78, 5) is 26.5. The van der Waals surface area contributed by atoms with Gasteiger partial charge in [-0.3, -0.25) is 4.79 Å². The molecule has 0 atom stereocenters. The van der Waals surface area contributed by atoms with Crippen molar-refractivity contribution < 1.29 is 22.7 Å². The normalized spacial score (nSPS) is 14.8. The van der Waals surface area contributed by atoms with Gasteiger partial charge in [0.15, 0.2) is 6.61 Å². The summed E-state index contributed by atoms with van der Waals surface area (Å²) in [5, 5.41) is 0. The second-order valence-corrected chi connectivity index (χ2v) is 9.25. The predicted molar refractivity (Wildman–Crippen MR) is 118 cm³/mol. The Morgan fingerprint density at radius 3 is 2.06 bits per heavy atom. The molecule has 0 bridgehead atoms. The second kappa shape index (κ2) is 9.37. The van der Waals surface area contributed by atoms with E-state index in [9.17, 15) is 18.0 Å². The van der Waals surface area contributed by atoms with Gasteiger partial charge in [0.2, 0.25) is 10.0 Å². The fourth-order valence-electron chi connectivity index (χ4n) is 3.50. The molecule has 9 heteroatoms. The van der Waals surface area contributed by atoms with Crippen molar-refractivity contribution in [3.05, 3.63) is 84.7 Å². The van der Waals surface area contributed by atoms with Gasteiger partial charge in [-0.15, -0.1) is 0 Å². The Kier molecular flexibility index (Phi) is 6.38. The van der Waals surface area contributed by atoms with Gasteiger partial charge in [0.1, 0.15) is 0 Å². The van der Waals surface area contributed by atoms with E-state index in [0.717, 1.165) is 5.69 Å². The van der Waals surface area contributed by atoms with Crippen LogP contribution in [0.2, 0.25) is 0 Å². The number of nitrogens with zero attached hydrogens (tertiary/aromatic N) is 3. The van der Waals surface area contributed by atoms with Crippen molar-refractivity contribution in [1.82, 2.24) is 13.8 Å². The van der Waals surface area contributed by atoms with Crippen LogP contribution in [0, 0.1) is 0 Å². The van der Waals surface area contributed by atoms with Crippen molar-refractivity contribution in [2.24, 2.45) is 0 Å². The Bertz CT molecular complexity index is 1170. The lowest BCUT2D eigenvalue weighted by molar-refractivity contribution is -0.135. The Labute approximate surface area is 186 Å². The van der Waals surface area contributed by atoms with Crippen LogP contribution in [0.3, 0.4) is 0 Å². The summed E-state index contributed by atoms with van der Waals surface area (Å²) in [5.74, 6) is -0.929. The van der Waals surface area contributed by atoms with Gasteiger partial charge in [-0.2, -0.15) is 4.31 Å². The average Bonchev–Trinajstić information content (AvgIpc) is 3.38. The summed E-state index contributed by atoms with van der Waals surface area (Å²) in [6, 6.07) is 18.9. The Morgan fingerprint density at radius 2 is 1.44 bits per heavy atom. The van der Waals surface area contributed by atoms with Crippen LogP contribution in [-0.2, 0) is 19.6 Å². The van der Waals surface area contributed by atoms with E-state index < -0.39 is 16.0 Å². The molecule has 0 N–H and O–H groups in total. The number of aromatic nitrogens is 1. The van der Waals surface area contributed by atoms with E-state index in [1.54, 1.807) is 54.6 Å². The van der Waals surface area contributed by atoms with E-state index in [1.165, 1.54) is 9.21 Å². The monoisotopic (exact) mass is 453 g/mol. The zero-order chi connectivity index (χ0) is 22.6. The highest BCUT2D eigenvalue weighted by Gasteiger charge is 2.30. The zero-order valence-electron chi connectivity index (χ0n) is 17.3. The predicted octanol–water partition coefficient (Wildman–Crippen LogP) is 2.17. The molecule has 1 aliphatic heterocycles. The van der Waals surface area contributed by atoms with Crippen LogP contribution >= 0.6 is 0 Å². The number of carbonyl (C=O) groups is 2. The highest BCUT2D eigenvalue weighted by Crippen LogP contribution is 2.17. The number of piperazine rings is 1. The lowest BCUT2D eigenvalue weighted by atomic mass is 10.2. The van der Waals surface area contributed by atoms with Crippen LogP contribution in [0.4, 0.5) is 0 Å². The van der Waals surface area contributed by atoms with Crippen LogP contribution in [0.25, 0.3) is 5.69 Å². The minimum Gasteiger partial charge on any atom is -0.452 e. The Morgan fingerprint density at radius 1 is 0.812 bits per heavy atom. The molecule has 1 fully saturated rings. The van der Waals surface area contributed by atoms with E-state index in [-0.39, 0.29) is 43.6 Å². The summed E-state index contributed by atoms with van der Waals surface area (Å²) in [6.45, 7) is 0.487. The van der Waals surface area contributed by atoms with Crippen LogP contribution in [0.5, 0.6) is 0 Å². The molecule has 1 aromatic heterocycles. The molecule has 3 aromatic rings. The lowest BCUT2D eigenvalue weighted by Crippen LogP contribution is -2.51. The number of hydrogen-bond donors (Lipinski definition) is 0. The minimum atomic E-state index is -3.58. The SMILES string of the molecule is O=C(OCC(=O)N1CCN(S(=O)(=O)c2ccccc2)CC1)c1ccc(-n2cccc2)cc1. The molecule has 1 amide bonds. The fraction of sp³-hybridized carbons (Fsp3) is 0.217. The molecule has 1 aliphatic rings. The first kappa shape index (κ1) is 21.8. The van der Waals surface area contributed by atoms with Crippen LogP contribution in [0.1, 0.15) is 10.4 Å². The van der Waals surface area contributed by atoms with E-state index >= 15 is 0 Å². The molecule has 0 saturated carbocycles. The Balaban J connectivity index is 1.27. The van der Waals surface area contributed by atoms with Crippen molar-refractivity contribution in [2.75, 3.05) is 32.8 Å². The van der Waals surface area contributed by atoms with E-state index in [2.05, 4.69) is 0 Å². The van der Waals surface area contributed by atoms with Crippen molar-refractivity contribution in [3.8, 4) is 5.69 Å². The highest BCUT2D eigenvalue weighted by atomic mass is 32.2. The maximum atomic E-state index is 12.7. The number of rotatable bonds is 6. The first-order valence-electron chi connectivity index (χ1n) is 10.2. The van der Waals surface area contributed by atoms with Crippen molar-refractivity contribution in [3.63, 3.8) is 0 Å². The molecule has 166 valence electrons. The lowest BCUT2D eigenvalue weighted by Gasteiger charge is -2.33. The topological polar surface area (TPSA) is 88.9 Å². The van der Waals surface area contributed by atoms with Crippen molar-refractivity contribution in [2.45, 2.75) is 4.90 Å². The van der Waals surface area contributed by atoms with Gasteiger partial charge < -0.3 is 14.2 Å². The van der Waals surface area contributed by atoms with Crippen molar-refractivity contribution >= 4 is 21.9 Å². The molecule has 32 heavy (non-hydrogen) atoms. The first-order chi connectivity index (χ1) is 15.4. The van der Waals surface area contributed by atoms with Gasteiger partial charge in [0.25, 0.3) is 5.91 Å². The maximum Gasteiger partial charge on any atom is 0.338 e. The summed E-state index contributed by atoms with van der Waals surface area (Å²) in [7, 11) is -3.58. The van der Waals surface area contributed by atoms with E-state index in [4.69, 9.17) is 4.74 Å². The smallest absolute Gasteiger partial charge is 0.338 e. The third-order valence-electron chi connectivity index (χ3n) is 5.30. The average molecular weight is 454 g/mol. The van der Waals surface area contributed by atoms with Crippen LogP contribution < -0.4 is 0 Å². The molecule has 4 rings (SSSR count). The van der Waals surface area contributed by atoms with Gasteiger partial charge in [-0.05, 0) is 48.5 Å². The molecule has 0 unspecified atom stereocenters. The third kappa shape index (κ3) is 4.74. The standard InChI is InChI=1S/C23H23N3O5S/c27-22(18-31-23(28)19-8-10-20(11-9-19)24-12-4-5-13-24)25-14-16-26(17-15-25)32(29,30)21-6-2-1-3-7-21/h1-13H,14-18H2.